The number of nitrogens with zero attached hydrogens (tertiary/aromatic N) is 4. The number of rotatable bonds is 8. The van der Waals surface area contributed by atoms with Gasteiger partial charge in [0, 0.05) is 92.2 Å². The van der Waals surface area contributed by atoms with Crippen LogP contribution in [-0.4, -0.2) is 0 Å². The van der Waals surface area contributed by atoms with E-state index in [-0.39, 0.29) is 0 Å². The summed E-state index contributed by atoms with van der Waals surface area (Å²) in [4.78, 5) is 10.1. The highest BCUT2D eigenvalue weighted by Gasteiger charge is 2.40. The van der Waals surface area contributed by atoms with E-state index in [0.29, 0.717) is 0 Å². The molecule has 414 valence electrons. The molecule has 0 radical (unpaired) electrons. The van der Waals surface area contributed by atoms with Gasteiger partial charge in [-0.25, -0.2) is 0 Å². The van der Waals surface area contributed by atoms with Gasteiger partial charge in [0.25, 0.3) is 0 Å². The molecule has 0 amide bonds. The standard InChI is InChI=1S/C82H54N4O2/c1-5-21-51(22-6-1)61-31-17-33-63-65-35-19-39-73(81(65)87-79(61)63)83(59-27-9-3-10-28-59)71-43-41-55-45-57-50-76-58(49-75(57)85-69-37-15-13-25-53(69)47-67(71)77(55)85)46-56-42-44-72(68-48-54-26-14-16-38-70(54)86(76)78(56)68)84(60-29-11-4-12-30-60)74-40-20-36-66-64-34-18-32-62(80(64)88-82(66)74)52-23-7-2-8-24-52/h1-44,49-50H,45-48H2. The third-order valence-electron chi connectivity index (χ3n) is 19.0. The molecule has 13 aromatic carbocycles. The molecule has 6 heteroatoms. The maximum Gasteiger partial charge on any atom is 0.159 e. The molecule has 6 heterocycles. The van der Waals surface area contributed by atoms with E-state index in [0.717, 1.165) is 126 Å². The minimum absolute atomic E-state index is 0.783. The van der Waals surface area contributed by atoms with Crippen LogP contribution in [0.2, 0.25) is 0 Å². The van der Waals surface area contributed by atoms with Gasteiger partial charge in [0.1, 0.15) is 11.2 Å². The Balaban J connectivity index is 0.772. The number of hydrogen-bond donors (Lipinski definition) is 0. The lowest BCUT2D eigenvalue weighted by atomic mass is 9.81. The van der Waals surface area contributed by atoms with Crippen molar-refractivity contribution in [2.24, 2.45) is 0 Å². The third-order valence-corrected chi connectivity index (χ3v) is 19.0. The van der Waals surface area contributed by atoms with Gasteiger partial charge >= 0.3 is 0 Å². The van der Waals surface area contributed by atoms with Gasteiger partial charge in [-0.3, -0.25) is 0 Å². The summed E-state index contributed by atoms with van der Waals surface area (Å²) in [6, 6.07) is 102. The summed E-state index contributed by atoms with van der Waals surface area (Å²) in [5, 5.41) is 4.40. The van der Waals surface area contributed by atoms with Crippen LogP contribution in [0, 0.1) is 0 Å². The van der Waals surface area contributed by atoms with Gasteiger partial charge < -0.3 is 28.4 Å². The first-order chi connectivity index (χ1) is 43.7. The second kappa shape index (κ2) is 19.1. The van der Waals surface area contributed by atoms with Crippen LogP contribution < -0.4 is 19.6 Å². The van der Waals surface area contributed by atoms with Crippen LogP contribution in [0.25, 0.3) is 66.1 Å². The fourth-order valence-corrected chi connectivity index (χ4v) is 15.2. The predicted octanol–water partition coefficient (Wildman–Crippen LogP) is 22.3. The average molecular weight is 1130 g/mol. The molecule has 0 bridgehead atoms. The van der Waals surface area contributed by atoms with E-state index in [2.05, 4.69) is 299 Å². The Kier molecular flexibility index (Phi) is 10.6. The van der Waals surface area contributed by atoms with Gasteiger partial charge in [0.2, 0.25) is 0 Å². The molecule has 2 aromatic heterocycles. The molecule has 19 rings (SSSR count). The topological polar surface area (TPSA) is 39.2 Å². The van der Waals surface area contributed by atoms with Gasteiger partial charge in [0.05, 0.1) is 45.5 Å². The van der Waals surface area contributed by atoms with Crippen molar-refractivity contribution in [1.29, 1.82) is 0 Å². The molecule has 0 N–H and O–H groups in total. The summed E-state index contributed by atoms with van der Waals surface area (Å²) in [6.45, 7) is 0. The van der Waals surface area contributed by atoms with E-state index in [1.54, 1.807) is 0 Å². The quantitative estimate of drug-likeness (QED) is 0.151. The second-order valence-corrected chi connectivity index (χ2v) is 23.8. The minimum Gasteiger partial charge on any atom is -0.453 e. The molecule has 0 saturated carbocycles. The first-order valence-electron chi connectivity index (χ1n) is 30.6. The molecule has 0 atom stereocenters. The van der Waals surface area contributed by atoms with Crippen LogP contribution in [0.15, 0.2) is 288 Å². The monoisotopic (exact) mass is 1130 g/mol. The van der Waals surface area contributed by atoms with Gasteiger partial charge in [-0.1, -0.05) is 206 Å². The lowest BCUT2D eigenvalue weighted by Gasteiger charge is -2.44. The van der Waals surface area contributed by atoms with Crippen LogP contribution in [0.5, 0.6) is 0 Å². The maximum atomic E-state index is 7.18. The summed E-state index contributed by atoms with van der Waals surface area (Å²) in [7, 11) is 0. The summed E-state index contributed by atoms with van der Waals surface area (Å²) in [5.41, 5.74) is 32.3. The fraction of sp³-hybridized carbons (Fsp3) is 0.0488. The number of furan rings is 2. The number of anilines is 12. The summed E-state index contributed by atoms with van der Waals surface area (Å²) < 4.78 is 14.4. The zero-order valence-corrected chi connectivity index (χ0v) is 48.0. The van der Waals surface area contributed by atoms with E-state index < -0.39 is 0 Å². The Morgan fingerprint density at radius 3 is 1.07 bits per heavy atom. The smallest absolute Gasteiger partial charge is 0.159 e. The molecule has 15 aromatic rings. The average Bonchev–Trinajstić information content (AvgIpc) is 0.864. The Labute approximate surface area is 509 Å². The SMILES string of the molecule is c1ccc(-c2cccc3c2oc2c(N(c4ccccc4)c4ccc5c6c4Cc4ccccc4N6c4cc6c(cc4C5)N4c5ccccc5Cc5c(N(c7ccccc7)c7cccc8c7oc7c(-c9ccccc9)cccc78)ccc(c54)C6)cccc23)cc1. The van der Waals surface area contributed by atoms with Crippen molar-refractivity contribution in [3.63, 3.8) is 0 Å². The molecule has 0 unspecified atom stereocenters. The molecule has 4 aliphatic heterocycles. The second-order valence-electron chi connectivity index (χ2n) is 23.8. The molecule has 0 fully saturated rings. The molecular weight excluding hydrogens is 1070 g/mol. The fourth-order valence-electron chi connectivity index (χ4n) is 15.2. The zero-order chi connectivity index (χ0) is 57.6. The lowest BCUT2D eigenvalue weighted by Crippen LogP contribution is -2.29. The molecule has 0 saturated heterocycles. The number of fused-ring (bicyclic) bond motifs is 14. The van der Waals surface area contributed by atoms with Gasteiger partial charge in [-0.15, -0.1) is 0 Å². The van der Waals surface area contributed by atoms with E-state index in [4.69, 9.17) is 8.83 Å². The van der Waals surface area contributed by atoms with Crippen molar-refractivity contribution in [3.8, 4) is 22.3 Å². The lowest BCUT2D eigenvalue weighted by molar-refractivity contribution is 0.670. The molecule has 88 heavy (non-hydrogen) atoms. The van der Waals surface area contributed by atoms with Crippen LogP contribution in [0.3, 0.4) is 0 Å². The largest absolute Gasteiger partial charge is 0.453 e. The van der Waals surface area contributed by atoms with Crippen LogP contribution >= 0.6 is 0 Å². The molecule has 6 nitrogen and oxygen atoms in total. The molecule has 0 aliphatic carbocycles. The highest BCUT2D eigenvalue weighted by molar-refractivity contribution is 6.15. The normalized spacial score (nSPS) is 13.2. The van der Waals surface area contributed by atoms with Crippen molar-refractivity contribution >= 4 is 112 Å². The van der Waals surface area contributed by atoms with Gasteiger partial charge in [-0.2, -0.15) is 0 Å². The first kappa shape index (κ1) is 49.0. The zero-order valence-electron chi connectivity index (χ0n) is 48.0. The van der Waals surface area contributed by atoms with E-state index in [1.165, 1.54) is 78.6 Å². The van der Waals surface area contributed by atoms with Gasteiger partial charge in [-0.05, 0) is 117 Å². The summed E-state index contributed by atoms with van der Waals surface area (Å²) in [5.74, 6) is 0. The van der Waals surface area contributed by atoms with Crippen LogP contribution in [-0.2, 0) is 25.7 Å². The van der Waals surface area contributed by atoms with E-state index in [1.807, 2.05) is 0 Å². The number of hydrogen-bond acceptors (Lipinski definition) is 6. The number of para-hydroxylation sites is 8. The predicted molar refractivity (Wildman–Crippen MR) is 362 cm³/mol. The van der Waals surface area contributed by atoms with Crippen molar-refractivity contribution in [3.05, 3.63) is 324 Å². The maximum absolute atomic E-state index is 7.18. The van der Waals surface area contributed by atoms with Gasteiger partial charge in [0.15, 0.2) is 11.2 Å². The van der Waals surface area contributed by atoms with Crippen LogP contribution in [0.4, 0.5) is 68.2 Å². The molecule has 4 aliphatic rings. The Bertz CT molecular complexity index is 5020. The Morgan fingerprint density at radius 2 is 0.636 bits per heavy atom. The molecular formula is C82H54N4O2. The number of benzene rings is 13. The highest BCUT2D eigenvalue weighted by Crippen LogP contribution is 2.60. The molecule has 0 spiro atoms. The van der Waals surface area contributed by atoms with Crippen molar-refractivity contribution in [2.75, 3.05) is 19.6 Å². The first-order valence-corrected chi connectivity index (χ1v) is 30.6. The van der Waals surface area contributed by atoms with Crippen LogP contribution in [0.1, 0.15) is 44.5 Å². The van der Waals surface area contributed by atoms with E-state index in [9.17, 15) is 0 Å². The van der Waals surface area contributed by atoms with Crippen molar-refractivity contribution in [1.82, 2.24) is 0 Å². The highest BCUT2D eigenvalue weighted by atomic mass is 16.3. The Hall–Kier alpha value is -11.3. The Morgan fingerprint density at radius 1 is 0.261 bits per heavy atom. The van der Waals surface area contributed by atoms with Crippen molar-refractivity contribution in [2.45, 2.75) is 25.7 Å². The van der Waals surface area contributed by atoms with Crippen molar-refractivity contribution < 1.29 is 8.83 Å². The summed E-state index contributed by atoms with van der Waals surface area (Å²) >= 11 is 0. The third kappa shape index (κ3) is 7.23. The minimum atomic E-state index is 0.783. The van der Waals surface area contributed by atoms with E-state index >= 15 is 0 Å². The summed E-state index contributed by atoms with van der Waals surface area (Å²) in [6.07, 6.45) is 3.15.